The first-order chi connectivity index (χ1) is 12.9. The Labute approximate surface area is 155 Å². The Morgan fingerprint density at radius 1 is 0.964 bits per heavy atom. The number of benzene rings is 2. The van der Waals surface area contributed by atoms with Crippen LogP contribution in [-0.4, -0.2) is 11.9 Å². The maximum Gasteiger partial charge on any atom is 0.416 e. The summed E-state index contributed by atoms with van der Waals surface area (Å²) in [6.07, 6.45) is -9.97. The number of alkyl halides is 6. The zero-order valence-electron chi connectivity index (χ0n) is 14.2. The molecule has 0 spiro atoms. The van der Waals surface area contributed by atoms with Crippen molar-refractivity contribution in [2.75, 3.05) is 10.6 Å². The van der Waals surface area contributed by atoms with E-state index in [9.17, 15) is 31.1 Å². The molecule has 0 radical (unpaired) electrons. The van der Waals surface area contributed by atoms with E-state index in [4.69, 9.17) is 5.26 Å². The molecule has 1 atom stereocenters. The third-order valence-electron chi connectivity index (χ3n) is 3.62. The third kappa shape index (κ3) is 5.39. The lowest BCUT2D eigenvalue weighted by atomic mass is 10.1. The minimum Gasteiger partial charge on any atom is -0.374 e. The zero-order chi connectivity index (χ0) is 21.1. The van der Waals surface area contributed by atoms with Gasteiger partial charge in [0.1, 0.15) is 6.04 Å². The van der Waals surface area contributed by atoms with Gasteiger partial charge in [-0.15, -0.1) is 0 Å². The van der Waals surface area contributed by atoms with E-state index < -0.39 is 41.1 Å². The molecule has 0 saturated heterocycles. The molecule has 0 aliphatic heterocycles. The van der Waals surface area contributed by atoms with Gasteiger partial charge in [-0.2, -0.15) is 31.6 Å². The van der Waals surface area contributed by atoms with Gasteiger partial charge in [0.25, 0.3) is 0 Å². The molecule has 2 aromatic carbocycles. The first-order valence-corrected chi connectivity index (χ1v) is 7.77. The average molecular weight is 401 g/mol. The second kappa shape index (κ2) is 7.80. The molecule has 0 aliphatic carbocycles. The number of hydrogen-bond acceptors (Lipinski definition) is 3. The van der Waals surface area contributed by atoms with Gasteiger partial charge >= 0.3 is 12.4 Å². The van der Waals surface area contributed by atoms with E-state index in [1.54, 1.807) is 0 Å². The van der Waals surface area contributed by atoms with E-state index in [-0.39, 0.29) is 17.3 Å². The number of nitrogens with one attached hydrogen (secondary N) is 2. The van der Waals surface area contributed by atoms with Gasteiger partial charge in [0.05, 0.1) is 22.8 Å². The number of carbonyl (C=O) groups excluding carboxylic acids is 1. The molecular weight excluding hydrogens is 388 g/mol. The second-order valence-electron chi connectivity index (χ2n) is 5.84. The molecule has 10 heteroatoms. The highest BCUT2D eigenvalue weighted by atomic mass is 19.4. The number of anilines is 2. The van der Waals surface area contributed by atoms with Gasteiger partial charge in [-0.1, -0.05) is 6.07 Å². The molecule has 28 heavy (non-hydrogen) atoms. The number of halogens is 6. The van der Waals surface area contributed by atoms with Crippen molar-refractivity contribution in [2.45, 2.75) is 25.3 Å². The standard InChI is InChI=1S/C18H13F6N3O/c1-10(16(28)27-14-4-2-3-11(5-14)9-25)26-15-7-12(17(19,20)21)6-13(8-15)18(22,23)24/h2-8,10,26H,1H3,(H,27,28)/t10-/m0/s1. The number of hydrogen-bond donors (Lipinski definition) is 2. The monoisotopic (exact) mass is 401 g/mol. The minimum absolute atomic E-state index is 0.00328. The van der Waals surface area contributed by atoms with Crippen LogP contribution >= 0.6 is 0 Å². The Hall–Kier alpha value is -3.22. The highest BCUT2D eigenvalue weighted by molar-refractivity contribution is 5.96. The molecule has 148 valence electrons. The van der Waals surface area contributed by atoms with Crippen molar-refractivity contribution in [1.29, 1.82) is 5.26 Å². The van der Waals surface area contributed by atoms with Gasteiger partial charge in [-0.05, 0) is 43.3 Å². The lowest BCUT2D eigenvalue weighted by Crippen LogP contribution is -2.32. The van der Waals surface area contributed by atoms with Crippen molar-refractivity contribution >= 4 is 17.3 Å². The molecule has 0 bridgehead atoms. The van der Waals surface area contributed by atoms with E-state index in [1.165, 1.54) is 31.2 Å². The summed E-state index contributed by atoms with van der Waals surface area (Å²) in [6.45, 7) is 1.27. The Morgan fingerprint density at radius 2 is 1.54 bits per heavy atom. The van der Waals surface area contributed by atoms with E-state index in [2.05, 4.69) is 10.6 Å². The molecule has 2 rings (SSSR count). The number of nitriles is 1. The fraction of sp³-hybridized carbons (Fsp3) is 0.222. The highest BCUT2D eigenvalue weighted by Crippen LogP contribution is 2.37. The summed E-state index contributed by atoms with van der Waals surface area (Å²) in [4.78, 5) is 12.2. The maximum absolute atomic E-state index is 12.9. The van der Waals surface area contributed by atoms with Gasteiger partial charge in [-0.25, -0.2) is 0 Å². The van der Waals surface area contributed by atoms with Crippen LogP contribution in [0.4, 0.5) is 37.7 Å². The first kappa shape index (κ1) is 21.1. The first-order valence-electron chi connectivity index (χ1n) is 7.77. The fourth-order valence-electron chi connectivity index (χ4n) is 2.27. The summed E-state index contributed by atoms with van der Waals surface area (Å²) < 4.78 is 77.3. The predicted molar refractivity (Wildman–Crippen MR) is 89.3 cm³/mol. The Kier molecular flexibility index (Phi) is 5.87. The average Bonchev–Trinajstić information content (AvgIpc) is 2.60. The highest BCUT2D eigenvalue weighted by Gasteiger charge is 2.37. The summed E-state index contributed by atoms with van der Waals surface area (Å²) in [7, 11) is 0. The van der Waals surface area contributed by atoms with Crippen LogP contribution in [0.25, 0.3) is 0 Å². The van der Waals surface area contributed by atoms with Crippen molar-refractivity contribution in [3.05, 3.63) is 59.2 Å². The largest absolute Gasteiger partial charge is 0.416 e. The maximum atomic E-state index is 12.9. The quantitative estimate of drug-likeness (QED) is 0.706. The van der Waals surface area contributed by atoms with Crippen LogP contribution in [0.15, 0.2) is 42.5 Å². The van der Waals surface area contributed by atoms with E-state index in [0.29, 0.717) is 12.1 Å². The minimum atomic E-state index is -4.99. The van der Waals surface area contributed by atoms with Crippen LogP contribution in [0.3, 0.4) is 0 Å². The van der Waals surface area contributed by atoms with E-state index in [0.717, 1.165) is 0 Å². The third-order valence-corrected chi connectivity index (χ3v) is 3.62. The molecule has 1 amide bonds. The molecule has 2 aromatic rings. The molecule has 0 fully saturated rings. The van der Waals surface area contributed by atoms with Gasteiger partial charge < -0.3 is 10.6 Å². The SMILES string of the molecule is C[C@H](Nc1cc(C(F)(F)F)cc(C(F)(F)F)c1)C(=O)Nc1cccc(C#N)c1. The Balaban J connectivity index is 2.23. The van der Waals surface area contributed by atoms with Crippen molar-refractivity contribution in [3.8, 4) is 6.07 Å². The molecule has 0 unspecified atom stereocenters. The molecule has 0 aliphatic rings. The second-order valence-corrected chi connectivity index (χ2v) is 5.84. The van der Waals surface area contributed by atoms with Crippen molar-refractivity contribution in [3.63, 3.8) is 0 Å². The number of amides is 1. The Morgan fingerprint density at radius 3 is 2.04 bits per heavy atom. The van der Waals surface area contributed by atoms with Gasteiger partial charge in [0.2, 0.25) is 5.91 Å². The van der Waals surface area contributed by atoms with Crippen LogP contribution in [-0.2, 0) is 17.1 Å². The normalized spacial score (nSPS) is 12.8. The van der Waals surface area contributed by atoms with Crippen LogP contribution in [0, 0.1) is 11.3 Å². The number of rotatable bonds is 4. The summed E-state index contributed by atoms with van der Waals surface area (Å²) in [5, 5.41) is 13.6. The summed E-state index contributed by atoms with van der Waals surface area (Å²) >= 11 is 0. The van der Waals surface area contributed by atoms with Gasteiger partial charge in [-0.3, -0.25) is 4.79 Å². The molecule has 2 N–H and O–H groups in total. The van der Waals surface area contributed by atoms with E-state index in [1.807, 2.05) is 6.07 Å². The lowest BCUT2D eigenvalue weighted by molar-refractivity contribution is -0.143. The smallest absolute Gasteiger partial charge is 0.374 e. The summed E-state index contributed by atoms with van der Waals surface area (Å²) in [6, 6.07) is 7.57. The molecular formula is C18H13F6N3O. The molecule has 0 aromatic heterocycles. The summed E-state index contributed by atoms with van der Waals surface area (Å²) in [5.74, 6) is -0.707. The predicted octanol–water partition coefficient (Wildman–Crippen LogP) is 5.03. The van der Waals surface area contributed by atoms with Gasteiger partial charge in [0, 0.05) is 11.4 Å². The number of carbonyl (C=O) groups is 1. The van der Waals surface area contributed by atoms with Crippen molar-refractivity contribution in [2.24, 2.45) is 0 Å². The molecule has 4 nitrogen and oxygen atoms in total. The fourth-order valence-corrected chi connectivity index (χ4v) is 2.27. The van der Waals surface area contributed by atoms with Crippen molar-refractivity contribution in [1.82, 2.24) is 0 Å². The molecule has 0 saturated carbocycles. The van der Waals surface area contributed by atoms with Crippen LogP contribution in [0.2, 0.25) is 0 Å². The summed E-state index contributed by atoms with van der Waals surface area (Å²) in [5.41, 5.74) is -2.95. The van der Waals surface area contributed by atoms with Crippen LogP contribution in [0.1, 0.15) is 23.6 Å². The Bertz CT molecular complexity index is 883. The van der Waals surface area contributed by atoms with E-state index >= 15 is 0 Å². The zero-order valence-corrected chi connectivity index (χ0v) is 14.2. The van der Waals surface area contributed by atoms with Crippen LogP contribution < -0.4 is 10.6 Å². The van der Waals surface area contributed by atoms with Crippen molar-refractivity contribution < 1.29 is 31.1 Å². The van der Waals surface area contributed by atoms with Crippen LogP contribution in [0.5, 0.6) is 0 Å². The lowest BCUT2D eigenvalue weighted by Gasteiger charge is -2.18. The molecule has 0 heterocycles. The van der Waals surface area contributed by atoms with Gasteiger partial charge in [0.15, 0.2) is 0 Å². The number of nitrogens with zero attached hydrogens (tertiary/aromatic N) is 1. The topological polar surface area (TPSA) is 64.9 Å².